The van der Waals surface area contributed by atoms with E-state index in [-0.39, 0.29) is 6.04 Å². The molecule has 0 aliphatic carbocycles. The van der Waals surface area contributed by atoms with Crippen LogP contribution in [0, 0.1) is 6.92 Å². The van der Waals surface area contributed by atoms with E-state index in [2.05, 4.69) is 32.3 Å². The molecule has 5 heterocycles. The van der Waals surface area contributed by atoms with E-state index in [0.29, 0.717) is 16.5 Å². The zero-order valence-electron chi connectivity index (χ0n) is 15.9. The van der Waals surface area contributed by atoms with E-state index in [4.69, 9.17) is 22.4 Å². The molecule has 5 aromatic rings. The van der Waals surface area contributed by atoms with Gasteiger partial charge in [-0.3, -0.25) is 4.98 Å². The zero-order valence-corrected chi connectivity index (χ0v) is 16.7. The van der Waals surface area contributed by atoms with Crippen LogP contribution in [0.3, 0.4) is 0 Å². The maximum atomic E-state index is 6.24. The Morgan fingerprint density at radius 1 is 1.10 bits per heavy atom. The van der Waals surface area contributed by atoms with Gasteiger partial charge in [-0.25, -0.2) is 14.6 Å². The minimum absolute atomic E-state index is 0.115. The molecule has 5 rings (SSSR count). The highest BCUT2D eigenvalue weighted by atomic mass is 35.5. The number of hydrogen-bond donors (Lipinski definition) is 1. The molecule has 0 saturated heterocycles. The van der Waals surface area contributed by atoms with Gasteiger partial charge in [0.05, 0.1) is 28.5 Å². The minimum atomic E-state index is -0.115. The number of halogens is 1. The Hall–Kier alpha value is -3.45. The van der Waals surface area contributed by atoms with Crippen LogP contribution in [0.4, 0.5) is 5.82 Å². The average Bonchev–Trinajstić information content (AvgIpc) is 3.26. The molecule has 144 valence electrons. The smallest absolute Gasteiger partial charge is 0.164 e. The van der Waals surface area contributed by atoms with Crippen molar-refractivity contribution in [2.24, 2.45) is 0 Å². The number of pyridine rings is 2. The van der Waals surface area contributed by atoms with Gasteiger partial charge in [-0.1, -0.05) is 17.7 Å². The van der Waals surface area contributed by atoms with Gasteiger partial charge in [0.1, 0.15) is 12.1 Å². The average molecular weight is 404 g/mol. The number of hydrogen-bond acceptors (Lipinski definition) is 5. The molecule has 1 atom stereocenters. The van der Waals surface area contributed by atoms with Crippen LogP contribution < -0.4 is 5.73 Å². The lowest BCUT2D eigenvalue weighted by molar-refractivity contribution is 0.576. The normalized spacial score (nSPS) is 12.7. The molecule has 0 saturated carbocycles. The van der Waals surface area contributed by atoms with E-state index in [1.54, 1.807) is 6.20 Å². The van der Waals surface area contributed by atoms with Crippen molar-refractivity contribution in [3.8, 4) is 11.4 Å². The third-order valence-electron chi connectivity index (χ3n) is 5.18. The molecule has 8 heteroatoms. The van der Waals surface area contributed by atoms with E-state index >= 15 is 0 Å². The van der Waals surface area contributed by atoms with Crippen LogP contribution in [0.15, 0.2) is 55.1 Å². The van der Waals surface area contributed by atoms with Crippen LogP contribution >= 0.6 is 11.6 Å². The summed E-state index contributed by atoms with van der Waals surface area (Å²) in [5, 5.41) is 6.19. The van der Waals surface area contributed by atoms with Crippen molar-refractivity contribution in [3.63, 3.8) is 0 Å². The standard InChI is InChI=1S/C21H18ClN7/c1-12-18-20(23)25-11-26-21(18)29(27-12)13(2)16-10-15-9-14(22)6-8-28(15)19(16)17-5-3-4-7-24-17/h3-11,13H,1-2H3,(H2,23,25,26). The van der Waals surface area contributed by atoms with Crippen molar-refractivity contribution in [1.29, 1.82) is 0 Å². The fraction of sp³-hybridized carbons (Fsp3) is 0.143. The molecular formula is C21H18ClN7. The molecule has 0 aromatic carbocycles. The van der Waals surface area contributed by atoms with E-state index in [1.165, 1.54) is 6.33 Å². The maximum Gasteiger partial charge on any atom is 0.164 e. The Labute approximate surface area is 171 Å². The summed E-state index contributed by atoms with van der Waals surface area (Å²) in [6, 6.07) is 11.7. The molecule has 29 heavy (non-hydrogen) atoms. The minimum Gasteiger partial charge on any atom is -0.383 e. The summed E-state index contributed by atoms with van der Waals surface area (Å²) in [4.78, 5) is 13.1. The molecule has 0 spiro atoms. The van der Waals surface area contributed by atoms with Gasteiger partial charge in [-0.05, 0) is 44.2 Å². The number of fused-ring (bicyclic) bond motifs is 2. The van der Waals surface area contributed by atoms with Crippen molar-refractivity contribution in [1.82, 2.24) is 29.1 Å². The Kier molecular flexibility index (Phi) is 3.99. The quantitative estimate of drug-likeness (QED) is 0.485. The van der Waals surface area contributed by atoms with Crippen molar-refractivity contribution >= 4 is 34.0 Å². The molecule has 5 aromatic heterocycles. The second kappa shape index (κ2) is 6.56. The van der Waals surface area contributed by atoms with Crippen molar-refractivity contribution < 1.29 is 0 Å². The van der Waals surface area contributed by atoms with Gasteiger partial charge < -0.3 is 10.1 Å². The summed E-state index contributed by atoms with van der Waals surface area (Å²) in [7, 11) is 0. The molecule has 2 N–H and O–H groups in total. The molecule has 0 bridgehead atoms. The number of anilines is 1. The van der Waals surface area contributed by atoms with Gasteiger partial charge in [0.25, 0.3) is 0 Å². The summed E-state index contributed by atoms with van der Waals surface area (Å²) in [5.41, 5.74) is 11.5. The first-order chi connectivity index (χ1) is 14.0. The van der Waals surface area contributed by atoms with Crippen molar-refractivity contribution in [2.75, 3.05) is 5.73 Å². The fourth-order valence-corrected chi connectivity index (χ4v) is 4.00. The molecular weight excluding hydrogens is 386 g/mol. The van der Waals surface area contributed by atoms with Crippen molar-refractivity contribution in [3.05, 3.63) is 71.4 Å². The number of aromatic nitrogens is 6. The number of nitrogen functional groups attached to an aromatic ring is 1. The van der Waals surface area contributed by atoms with Crippen LogP contribution in [-0.2, 0) is 0 Å². The summed E-state index contributed by atoms with van der Waals surface area (Å²) in [5.74, 6) is 0.435. The molecule has 7 nitrogen and oxygen atoms in total. The lowest BCUT2D eigenvalue weighted by Crippen LogP contribution is -2.10. The van der Waals surface area contributed by atoms with Crippen LogP contribution in [0.25, 0.3) is 27.9 Å². The third-order valence-corrected chi connectivity index (χ3v) is 5.42. The summed E-state index contributed by atoms with van der Waals surface area (Å²) < 4.78 is 3.99. The Balaban J connectivity index is 1.78. The highest BCUT2D eigenvalue weighted by molar-refractivity contribution is 6.30. The van der Waals surface area contributed by atoms with Crippen LogP contribution in [-0.4, -0.2) is 29.1 Å². The van der Waals surface area contributed by atoms with Gasteiger partial charge in [0, 0.05) is 28.5 Å². The highest BCUT2D eigenvalue weighted by Gasteiger charge is 2.23. The van der Waals surface area contributed by atoms with Gasteiger partial charge in [0.15, 0.2) is 5.65 Å². The van der Waals surface area contributed by atoms with E-state index in [1.807, 2.05) is 48.1 Å². The highest BCUT2D eigenvalue weighted by Crippen LogP contribution is 2.35. The molecule has 0 radical (unpaired) electrons. The molecule has 0 aliphatic heterocycles. The first-order valence-corrected chi connectivity index (χ1v) is 9.59. The van der Waals surface area contributed by atoms with Gasteiger partial charge >= 0.3 is 0 Å². The van der Waals surface area contributed by atoms with Crippen LogP contribution in [0.5, 0.6) is 0 Å². The van der Waals surface area contributed by atoms with E-state index < -0.39 is 0 Å². The first-order valence-electron chi connectivity index (χ1n) is 9.22. The van der Waals surface area contributed by atoms with Crippen LogP contribution in [0.1, 0.15) is 24.2 Å². The summed E-state index contributed by atoms with van der Waals surface area (Å²) in [6.07, 6.45) is 5.22. The Bertz CT molecular complexity index is 1350. The first kappa shape index (κ1) is 17.6. The molecule has 0 amide bonds. The lowest BCUT2D eigenvalue weighted by atomic mass is 10.1. The molecule has 0 aliphatic rings. The number of rotatable bonds is 3. The SMILES string of the molecule is Cc1nn(C(C)c2cc3cc(Cl)ccn3c2-c2ccccn2)c2ncnc(N)c12. The monoisotopic (exact) mass is 403 g/mol. The second-order valence-electron chi connectivity index (χ2n) is 6.97. The van der Waals surface area contributed by atoms with Crippen LogP contribution in [0.2, 0.25) is 5.02 Å². The van der Waals surface area contributed by atoms with E-state index in [0.717, 1.165) is 33.5 Å². The largest absolute Gasteiger partial charge is 0.383 e. The van der Waals surface area contributed by atoms with Gasteiger partial charge in [-0.2, -0.15) is 5.10 Å². The fourth-order valence-electron chi connectivity index (χ4n) is 3.84. The second-order valence-corrected chi connectivity index (χ2v) is 7.40. The lowest BCUT2D eigenvalue weighted by Gasteiger charge is -2.15. The maximum absolute atomic E-state index is 6.24. The van der Waals surface area contributed by atoms with Crippen molar-refractivity contribution in [2.45, 2.75) is 19.9 Å². The van der Waals surface area contributed by atoms with Gasteiger partial charge in [-0.15, -0.1) is 0 Å². The molecule has 1 unspecified atom stereocenters. The Morgan fingerprint density at radius 2 is 1.97 bits per heavy atom. The zero-order chi connectivity index (χ0) is 20.1. The summed E-state index contributed by atoms with van der Waals surface area (Å²) >= 11 is 6.24. The third kappa shape index (κ3) is 2.74. The number of aryl methyl sites for hydroxylation is 1. The number of nitrogens with two attached hydrogens (primary N) is 1. The predicted molar refractivity (Wildman–Crippen MR) is 114 cm³/mol. The summed E-state index contributed by atoms with van der Waals surface area (Å²) in [6.45, 7) is 4.01. The Morgan fingerprint density at radius 3 is 2.76 bits per heavy atom. The molecule has 0 fully saturated rings. The predicted octanol–water partition coefficient (Wildman–Crippen LogP) is 4.29. The number of nitrogens with zero attached hydrogens (tertiary/aromatic N) is 6. The van der Waals surface area contributed by atoms with Gasteiger partial charge in [0.2, 0.25) is 0 Å². The topological polar surface area (TPSA) is 86.9 Å². The van der Waals surface area contributed by atoms with E-state index in [9.17, 15) is 0 Å².